The number of hydrogen-bond acceptors (Lipinski definition) is 4. The average molecular weight is 418 g/mol. The Bertz CT molecular complexity index is 1230. The number of hydrazine groups is 1. The molecular weight excluding hydrogens is 400 g/mol. The average Bonchev–Trinajstić information content (AvgIpc) is 3.46. The molecule has 30 heavy (non-hydrogen) atoms. The van der Waals surface area contributed by atoms with Crippen LogP contribution in [0.1, 0.15) is 30.4 Å². The van der Waals surface area contributed by atoms with Crippen LogP contribution in [0.5, 0.6) is 0 Å². The van der Waals surface area contributed by atoms with Gasteiger partial charge < -0.3 is 9.88 Å². The second-order valence-corrected chi connectivity index (χ2v) is 7.46. The molecule has 0 unspecified atom stereocenters. The summed E-state index contributed by atoms with van der Waals surface area (Å²) in [7, 11) is 1.61. The molecule has 2 heterocycles. The lowest BCUT2D eigenvalue weighted by Gasteiger charge is -2.20. The maximum absolute atomic E-state index is 12.7. The normalized spacial score (nSPS) is 10.6. The number of hydrogen-bond donors (Lipinski definition) is 3. The van der Waals surface area contributed by atoms with Gasteiger partial charge in [-0.1, -0.05) is 36.4 Å². The highest BCUT2D eigenvalue weighted by molar-refractivity contribution is 7.12. The third-order valence-corrected chi connectivity index (χ3v) is 5.53. The molecule has 0 fully saturated rings. The van der Waals surface area contributed by atoms with E-state index in [1.54, 1.807) is 49.6 Å². The number of anilines is 1. The van der Waals surface area contributed by atoms with Crippen LogP contribution in [-0.2, 0) is 0 Å². The first-order valence-electron chi connectivity index (χ1n) is 9.13. The summed E-state index contributed by atoms with van der Waals surface area (Å²) in [6.45, 7) is 0. The third-order valence-electron chi connectivity index (χ3n) is 4.67. The Balaban J connectivity index is 1.50. The largest absolute Gasteiger partial charge is 0.360 e. The van der Waals surface area contributed by atoms with E-state index < -0.39 is 11.8 Å². The minimum atomic E-state index is -0.523. The smallest absolute Gasteiger partial charge is 0.271 e. The van der Waals surface area contributed by atoms with Gasteiger partial charge >= 0.3 is 0 Å². The Morgan fingerprint density at radius 1 is 0.867 bits per heavy atom. The minimum absolute atomic E-state index is 0.215. The number of carbonyl (C=O) groups excluding carboxylic acids is 3. The van der Waals surface area contributed by atoms with Crippen molar-refractivity contribution in [3.8, 4) is 0 Å². The van der Waals surface area contributed by atoms with Gasteiger partial charge in [0, 0.05) is 24.1 Å². The molecule has 2 aromatic carbocycles. The van der Waals surface area contributed by atoms with Crippen LogP contribution < -0.4 is 15.8 Å². The van der Waals surface area contributed by atoms with Crippen LogP contribution >= 0.6 is 11.3 Å². The number of para-hydroxylation sites is 2. The quantitative estimate of drug-likeness (QED) is 0.442. The summed E-state index contributed by atoms with van der Waals surface area (Å²) in [4.78, 5) is 42.9. The molecule has 0 spiro atoms. The molecule has 0 saturated heterocycles. The molecule has 0 bridgehead atoms. The Morgan fingerprint density at radius 2 is 1.57 bits per heavy atom. The van der Waals surface area contributed by atoms with Gasteiger partial charge in [-0.05, 0) is 29.6 Å². The molecule has 150 valence electrons. The van der Waals surface area contributed by atoms with Gasteiger partial charge in [0.1, 0.15) is 0 Å². The van der Waals surface area contributed by atoms with E-state index in [9.17, 15) is 14.4 Å². The molecule has 0 aliphatic carbocycles. The fraction of sp³-hybridized carbons (Fsp3) is 0.0455. The topological polar surface area (TPSA) is 94.3 Å². The summed E-state index contributed by atoms with van der Waals surface area (Å²) >= 11 is 1.33. The molecule has 8 heteroatoms. The van der Waals surface area contributed by atoms with Crippen molar-refractivity contribution in [2.24, 2.45) is 0 Å². The maximum Gasteiger partial charge on any atom is 0.271 e. The van der Waals surface area contributed by atoms with Gasteiger partial charge in [0.25, 0.3) is 17.7 Å². The molecule has 0 radical (unpaired) electrons. The number of nitrogens with zero attached hydrogens (tertiary/aromatic N) is 1. The number of fused-ring (bicyclic) bond motifs is 1. The van der Waals surface area contributed by atoms with Crippen molar-refractivity contribution >= 4 is 45.6 Å². The lowest BCUT2D eigenvalue weighted by molar-refractivity contribution is 0.0847. The molecule has 3 amide bonds. The second-order valence-electron chi connectivity index (χ2n) is 6.51. The maximum atomic E-state index is 12.7. The van der Waals surface area contributed by atoms with E-state index in [0.717, 1.165) is 10.9 Å². The van der Waals surface area contributed by atoms with E-state index >= 15 is 0 Å². The number of aromatic amines is 1. The van der Waals surface area contributed by atoms with Crippen LogP contribution in [0.4, 0.5) is 5.69 Å². The second kappa shape index (κ2) is 8.22. The highest BCUT2D eigenvalue weighted by Crippen LogP contribution is 2.22. The molecule has 0 atom stereocenters. The third kappa shape index (κ3) is 3.68. The summed E-state index contributed by atoms with van der Waals surface area (Å²) in [5, 5.41) is 2.57. The van der Waals surface area contributed by atoms with Crippen molar-refractivity contribution < 1.29 is 14.4 Å². The van der Waals surface area contributed by atoms with Gasteiger partial charge in [0.2, 0.25) is 0 Å². The highest BCUT2D eigenvalue weighted by Gasteiger charge is 2.21. The molecule has 0 saturated carbocycles. The van der Waals surface area contributed by atoms with E-state index in [1.807, 2.05) is 29.6 Å². The van der Waals surface area contributed by atoms with E-state index in [-0.39, 0.29) is 11.5 Å². The number of H-pyrrole nitrogens is 1. The Kier molecular flexibility index (Phi) is 5.32. The summed E-state index contributed by atoms with van der Waals surface area (Å²) in [6.07, 6.45) is 1.59. The van der Waals surface area contributed by atoms with Gasteiger partial charge in [-0.2, -0.15) is 0 Å². The summed E-state index contributed by atoms with van der Waals surface area (Å²) in [5.74, 6) is -1.18. The van der Waals surface area contributed by atoms with Gasteiger partial charge in [0.05, 0.1) is 21.7 Å². The van der Waals surface area contributed by atoms with Crippen molar-refractivity contribution in [2.45, 2.75) is 0 Å². The number of amides is 3. The number of carbonyl (C=O) groups is 3. The molecule has 2 aromatic heterocycles. The number of rotatable bonds is 4. The molecule has 4 aromatic rings. The number of aromatic nitrogens is 1. The van der Waals surface area contributed by atoms with Crippen LogP contribution in [0.15, 0.2) is 72.2 Å². The Morgan fingerprint density at radius 3 is 2.33 bits per heavy atom. The predicted octanol–water partition coefficient (Wildman–Crippen LogP) is 3.58. The molecule has 3 N–H and O–H groups in total. The van der Waals surface area contributed by atoms with Crippen molar-refractivity contribution in [1.29, 1.82) is 0 Å². The zero-order chi connectivity index (χ0) is 21.1. The van der Waals surface area contributed by atoms with E-state index in [0.29, 0.717) is 16.1 Å². The van der Waals surface area contributed by atoms with Gasteiger partial charge in [-0.25, -0.2) is 0 Å². The van der Waals surface area contributed by atoms with Crippen LogP contribution in [0.3, 0.4) is 0 Å². The fourth-order valence-corrected chi connectivity index (χ4v) is 3.84. The van der Waals surface area contributed by atoms with Crippen molar-refractivity contribution in [3.05, 3.63) is 88.2 Å². The zero-order valence-corrected chi connectivity index (χ0v) is 16.8. The molecule has 0 aliphatic rings. The van der Waals surface area contributed by atoms with Crippen LogP contribution in [0.25, 0.3) is 10.9 Å². The standard InChI is InChI=1S/C22H18N4O3S/c1-26(22(29)19-11-6-12-30-19)18-10-5-3-8-15(18)20(27)24-25-21(28)16-13-23-17-9-4-2-7-14(16)17/h2-13,23H,1H3,(H,24,27)(H,25,28). The number of thiophene rings is 1. The highest BCUT2D eigenvalue weighted by atomic mass is 32.1. The monoisotopic (exact) mass is 418 g/mol. The molecule has 7 nitrogen and oxygen atoms in total. The molecule has 0 aliphatic heterocycles. The summed E-state index contributed by atoms with van der Waals surface area (Å²) < 4.78 is 0. The van der Waals surface area contributed by atoms with Crippen LogP contribution in [0.2, 0.25) is 0 Å². The van der Waals surface area contributed by atoms with Crippen molar-refractivity contribution in [3.63, 3.8) is 0 Å². The lowest BCUT2D eigenvalue weighted by atomic mass is 10.1. The Hall–Kier alpha value is -3.91. The molecule has 4 rings (SSSR count). The lowest BCUT2D eigenvalue weighted by Crippen LogP contribution is -2.42. The van der Waals surface area contributed by atoms with Crippen LogP contribution in [-0.4, -0.2) is 29.8 Å². The first kappa shape index (κ1) is 19.4. The van der Waals surface area contributed by atoms with Gasteiger partial charge in [-0.15, -0.1) is 11.3 Å². The first-order valence-corrected chi connectivity index (χ1v) is 10.0. The SMILES string of the molecule is CN(C(=O)c1cccs1)c1ccccc1C(=O)NNC(=O)c1c[nH]c2ccccc12. The first-order chi connectivity index (χ1) is 14.6. The minimum Gasteiger partial charge on any atom is -0.360 e. The van der Waals surface area contributed by atoms with E-state index in [4.69, 9.17) is 0 Å². The number of benzene rings is 2. The summed E-state index contributed by atoms with van der Waals surface area (Å²) in [5.41, 5.74) is 6.83. The fourth-order valence-electron chi connectivity index (χ4n) is 3.14. The van der Waals surface area contributed by atoms with E-state index in [1.165, 1.54) is 16.2 Å². The predicted molar refractivity (Wildman–Crippen MR) is 117 cm³/mol. The van der Waals surface area contributed by atoms with Gasteiger partial charge in [0.15, 0.2) is 0 Å². The Labute approximate surface area is 176 Å². The molecular formula is C22H18N4O3S. The van der Waals surface area contributed by atoms with Crippen molar-refractivity contribution in [2.75, 3.05) is 11.9 Å². The van der Waals surface area contributed by atoms with E-state index in [2.05, 4.69) is 15.8 Å². The van der Waals surface area contributed by atoms with Gasteiger partial charge in [-0.3, -0.25) is 25.2 Å². The van der Waals surface area contributed by atoms with Crippen LogP contribution in [0, 0.1) is 0 Å². The summed E-state index contributed by atoms with van der Waals surface area (Å²) in [6, 6.07) is 17.6. The number of nitrogens with one attached hydrogen (secondary N) is 3. The van der Waals surface area contributed by atoms with Crippen molar-refractivity contribution in [1.82, 2.24) is 15.8 Å². The zero-order valence-electron chi connectivity index (χ0n) is 16.0.